The average molecular weight is 392 g/mol. The predicted molar refractivity (Wildman–Crippen MR) is 95.4 cm³/mol. The Morgan fingerprint density at radius 3 is 2.67 bits per heavy atom. The van der Waals surface area contributed by atoms with E-state index >= 15 is 0 Å². The summed E-state index contributed by atoms with van der Waals surface area (Å²) in [6.45, 7) is 3.30. The number of nitrogens with one attached hydrogen (secondary N) is 1. The Labute approximate surface area is 148 Å². The van der Waals surface area contributed by atoms with Crippen LogP contribution >= 0.6 is 15.9 Å². The molecule has 7 heteroatoms. The van der Waals surface area contributed by atoms with Gasteiger partial charge in [0.05, 0.1) is 17.1 Å². The molecule has 0 spiro atoms. The molecule has 1 aromatic carbocycles. The van der Waals surface area contributed by atoms with Crippen molar-refractivity contribution in [3.63, 3.8) is 0 Å². The number of anilines is 1. The highest BCUT2D eigenvalue weighted by Gasteiger charge is 2.13. The van der Waals surface area contributed by atoms with E-state index in [2.05, 4.69) is 26.3 Å². The molecule has 6 nitrogen and oxygen atoms in total. The second-order valence-corrected chi connectivity index (χ2v) is 6.03. The fourth-order valence-electron chi connectivity index (χ4n) is 2.08. The Morgan fingerprint density at radius 1 is 1.33 bits per heavy atom. The van der Waals surface area contributed by atoms with Gasteiger partial charge in [-0.1, -0.05) is 34.1 Å². The minimum atomic E-state index is -0.583. The van der Waals surface area contributed by atoms with Crippen molar-refractivity contribution < 1.29 is 14.3 Å². The van der Waals surface area contributed by atoms with Gasteiger partial charge in [-0.25, -0.2) is 4.79 Å². The smallest absolute Gasteiger partial charge is 0.331 e. The van der Waals surface area contributed by atoms with Gasteiger partial charge in [-0.05, 0) is 31.6 Å². The quantitative estimate of drug-likeness (QED) is 0.627. The van der Waals surface area contributed by atoms with Crippen molar-refractivity contribution in [2.24, 2.45) is 7.05 Å². The summed E-state index contributed by atoms with van der Waals surface area (Å²) < 4.78 is 7.49. The van der Waals surface area contributed by atoms with E-state index in [1.807, 2.05) is 31.2 Å². The first-order chi connectivity index (χ1) is 11.4. The highest BCUT2D eigenvalue weighted by Crippen LogP contribution is 2.18. The highest BCUT2D eigenvalue weighted by molar-refractivity contribution is 9.10. The van der Waals surface area contributed by atoms with E-state index in [1.54, 1.807) is 24.7 Å². The molecule has 0 bridgehead atoms. The van der Waals surface area contributed by atoms with Gasteiger partial charge in [-0.3, -0.25) is 9.48 Å². The molecule has 2 rings (SSSR count). The largest absolute Gasteiger partial charge is 0.452 e. The molecular formula is C17H18BrN3O3. The maximum Gasteiger partial charge on any atom is 0.331 e. The minimum Gasteiger partial charge on any atom is -0.452 e. The van der Waals surface area contributed by atoms with Crippen molar-refractivity contribution >= 4 is 39.6 Å². The van der Waals surface area contributed by atoms with Gasteiger partial charge in [0.15, 0.2) is 6.61 Å². The van der Waals surface area contributed by atoms with Gasteiger partial charge in [-0.15, -0.1) is 0 Å². The summed E-state index contributed by atoms with van der Waals surface area (Å²) in [6.07, 6.45) is 2.91. The van der Waals surface area contributed by atoms with Crippen molar-refractivity contribution in [1.29, 1.82) is 0 Å². The third-order valence-corrected chi connectivity index (χ3v) is 4.15. The summed E-state index contributed by atoms with van der Waals surface area (Å²) in [6, 6.07) is 7.47. The normalized spacial score (nSPS) is 10.8. The number of halogens is 1. The van der Waals surface area contributed by atoms with Gasteiger partial charge in [0, 0.05) is 17.6 Å². The minimum absolute atomic E-state index is 0.354. The van der Waals surface area contributed by atoms with Gasteiger partial charge in [0.25, 0.3) is 5.91 Å². The first kappa shape index (κ1) is 17.9. The second kappa shape index (κ2) is 7.92. The first-order valence-corrected chi connectivity index (χ1v) is 8.07. The molecule has 0 aliphatic heterocycles. The number of carbonyl (C=O) groups is 2. The molecule has 1 N–H and O–H groups in total. The Morgan fingerprint density at radius 2 is 2.04 bits per heavy atom. The lowest BCUT2D eigenvalue weighted by Gasteiger charge is -2.06. The molecule has 1 aromatic heterocycles. The average Bonchev–Trinajstić information content (AvgIpc) is 2.78. The lowest BCUT2D eigenvalue weighted by molar-refractivity contribution is -0.142. The Balaban J connectivity index is 1.87. The molecule has 126 valence electrons. The van der Waals surface area contributed by atoms with Gasteiger partial charge in [0.2, 0.25) is 0 Å². The molecule has 0 atom stereocenters. The monoisotopic (exact) mass is 391 g/mol. The van der Waals surface area contributed by atoms with E-state index in [4.69, 9.17) is 4.74 Å². The van der Waals surface area contributed by atoms with E-state index in [1.165, 1.54) is 6.08 Å². The number of ether oxygens (including phenoxy) is 1. The van der Waals surface area contributed by atoms with Gasteiger partial charge >= 0.3 is 5.97 Å². The third-order valence-electron chi connectivity index (χ3n) is 3.42. The van der Waals surface area contributed by atoms with Crippen molar-refractivity contribution in [2.45, 2.75) is 13.8 Å². The number of amides is 1. The maximum absolute atomic E-state index is 11.9. The van der Waals surface area contributed by atoms with Crippen LogP contribution in [0.15, 0.2) is 34.8 Å². The molecule has 0 radical (unpaired) electrons. The van der Waals surface area contributed by atoms with Crippen molar-refractivity contribution in [3.8, 4) is 0 Å². The maximum atomic E-state index is 11.9. The van der Waals surface area contributed by atoms with Crippen LogP contribution in [0, 0.1) is 13.8 Å². The molecule has 0 aliphatic carbocycles. The molecular weight excluding hydrogens is 374 g/mol. The number of rotatable bonds is 5. The van der Waals surface area contributed by atoms with E-state index in [-0.39, 0.29) is 6.61 Å². The van der Waals surface area contributed by atoms with Crippen LogP contribution in [0.1, 0.15) is 17.0 Å². The van der Waals surface area contributed by atoms with E-state index in [0.717, 1.165) is 15.7 Å². The Kier molecular flexibility index (Phi) is 5.92. The fraction of sp³-hybridized carbons (Fsp3) is 0.235. The van der Waals surface area contributed by atoms with Crippen LogP contribution in [0.4, 0.5) is 5.69 Å². The SMILES string of the molecule is Cc1nn(C)c(C)c1NC(=O)COC(=O)/C=C/c1ccccc1Br. The fourth-order valence-corrected chi connectivity index (χ4v) is 2.50. The molecule has 0 unspecified atom stereocenters. The zero-order valence-electron chi connectivity index (χ0n) is 13.7. The Bertz CT molecular complexity index is 796. The zero-order chi connectivity index (χ0) is 17.7. The number of carbonyl (C=O) groups excluding carboxylic acids is 2. The third kappa shape index (κ3) is 4.55. The molecule has 24 heavy (non-hydrogen) atoms. The van der Waals surface area contributed by atoms with Crippen molar-refractivity contribution in [1.82, 2.24) is 9.78 Å². The van der Waals surface area contributed by atoms with Crippen LogP contribution in [0.5, 0.6) is 0 Å². The molecule has 0 saturated carbocycles. The van der Waals surface area contributed by atoms with Crippen LogP contribution in [0.3, 0.4) is 0 Å². The standard InChI is InChI=1S/C17H18BrN3O3/c1-11-17(12(2)21(3)20-11)19-15(22)10-24-16(23)9-8-13-6-4-5-7-14(13)18/h4-9H,10H2,1-3H3,(H,19,22)/b9-8+. The number of aromatic nitrogens is 2. The number of benzene rings is 1. The highest BCUT2D eigenvalue weighted by atomic mass is 79.9. The van der Waals surface area contributed by atoms with Crippen LogP contribution in [0.2, 0.25) is 0 Å². The number of nitrogens with zero attached hydrogens (tertiary/aromatic N) is 2. The van der Waals surface area contributed by atoms with E-state index < -0.39 is 11.9 Å². The van der Waals surface area contributed by atoms with Crippen molar-refractivity contribution in [3.05, 3.63) is 51.8 Å². The lowest BCUT2D eigenvalue weighted by atomic mass is 10.2. The number of aryl methyl sites for hydroxylation is 2. The van der Waals surface area contributed by atoms with Crippen molar-refractivity contribution in [2.75, 3.05) is 11.9 Å². The van der Waals surface area contributed by atoms with Crippen LogP contribution in [0.25, 0.3) is 6.08 Å². The lowest BCUT2D eigenvalue weighted by Crippen LogP contribution is -2.20. The number of hydrogen-bond donors (Lipinski definition) is 1. The number of esters is 1. The van der Waals surface area contributed by atoms with Crippen LogP contribution in [-0.2, 0) is 21.4 Å². The summed E-state index contributed by atoms with van der Waals surface area (Å²) in [5, 5.41) is 6.92. The first-order valence-electron chi connectivity index (χ1n) is 7.28. The summed E-state index contributed by atoms with van der Waals surface area (Å²) in [5.41, 5.74) is 3.03. The topological polar surface area (TPSA) is 73.2 Å². The van der Waals surface area contributed by atoms with Gasteiger partial charge in [-0.2, -0.15) is 5.10 Å². The predicted octanol–water partition coefficient (Wildman–Crippen LogP) is 2.99. The zero-order valence-corrected chi connectivity index (χ0v) is 15.3. The van der Waals surface area contributed by atoms with Gasteiger partial charge in [0.1, 0.15) is 0 Å². The molecule has 2 aromatic rings. The molecule has 0 fully saturated rings. The van der Waals surface area contributed by atoms with Gasteiger partial charge < -0.3 is 10.1 Å². The van der Waals surface area contributed by atoms with Crippen LogP contribution in [-0.4, -0.2) is 28.3 Å². The summed E-state index contributed by atoms with van der Waals surface area (Å²) in [7, 11) is 1.80. The summed E-state index contributed by atoms with van der Waals surface area (Å²) in [4.78, 5) is 23.6. The number of hydrogen-bond acceptors (Lipinski definition) is 4. The molecule has 1 heterocycles. The molecule has 0 aliphatic rings. The summed E-state index contributed by atoms with van der Waals surface area (Å²) >= 11 is 3.39. The Hall–Kier alpha value is -2.41. The van der Waals surface area contributed by atoms with E-state index in [9.17, 15) is 9.59 Å². The van der Waals surface area contributed by atoms with E-state index in [0.29, 0.717) is 11.4 Å². The van der Waals surface area contributed by atoms with Crippen LogP contribution < -0.4 is 5.32 Å². The molecule has 1 amide bonds. The molecule has 0 saturated heterocycles. The second-order valence-electron chi connectivity index (χ2n) is 5.18. The summed E-state index contributed by atoms with van der Waals surface area (Å²) in [5.74, 6) is -0.989.